The van der Waals surface area contributed by atoms with Crippen molar-refractivity contribution in [3.63, 3.8) is 0 Å². The molecule has 1 N–H and O–H groups in total. The third-order valence-electron chi connectivity index (χ3n) is 3.11. The first kappa shape index (κ1) is 18.1. The first-order chi connectivity index (χ1) is 12.5. The molecule has 10 heteroatoms. The number of hydrogen-bond acceptors (Lipinski definition) is 8. The van der Waals surface area contributed by atoms with Gasteiger partial charge in [0, 0.05) is 5.69 Å². The van der Waals surface area contributed by atoms with Gasteiger partial charge in [0.1, 0.15) is 12.4 Å². The molecule has 8 nitrogen and oxygen atoms in total. The Balaban J connectivity index is 1.56. The number of furan rings is 1. The highest BCUT2D eigenvalue weighted by Crippen LogP contribution is 2.19. The van der Waals surface area contributed by atoms with Crippen LogP contribution in [0.4, 0.5) is 5.69 Å². The van der Waals surface area contributed by atoms with Crippen molar-refractivity contribution in [1.29, 1.82) is 0 Å². The molecule has 2 aromatic heterocycles. The van der Waals surface area contributed by atoms with Crippen molar-refractivity contribution >= 4 is 44.8 Å². The minimum Gasteiger partial charge on any atom is -0.497 e. The summed E-state index contributed by atoms with van der Waals surface area (Å²) in [6.07, 6.45) is 0. The summed E-state index contributed by atoms with van der Waals surface area (Å²) in [5.74, 6) is -0.277. The molecule has 0 spiro atoms. The van der Waals surface area contributed by atoms with Crippen LogP contribution in [0, 0.1) is 0 Å². The SMILES string of the molecule is COc1ccc(NC(=O)c2nnc(COC(=O)c3ccc(Br)o3)s2)cc1. The Morgan fingerprint density at radius 1 is 1.19 bits per heavy atom. The van der Waals surface area contributed by atoms with Crippen molar-refractivity contribution < 1.29 is 23.5 Å². The topological polar surface area (TPSA) is 104 Å². The zero-order valence-corrected chi connectivity index (χ0v) is 15.8. The number of carbonyl (C=O) groups excluding carboxylic acids is 2. The Hall–Kier alpha value is -2.72. The van der Waals surface area contributed by atoms with Gasteiger partial charge < -0.3 is 19.2 Å². The molecule has 134 valence electrons. The van der Waals surface area contributed by atoms with Gasteiger partial charge in [-0.25, -0.2) is 4.79 Å². The number of anilines is 1. The van der Waals surface area contributed by atoms with Gasteiger partial charge >= 0.3 is 5.97 Å². The quantitative estimate of drug-likeness (QED) is 0.588. The lowest BCUT2D eigenvalue weighted by Gasteiger charge is -2.04. The average Bonchev–Trinajstić information content (AvgIpc) is 3.29. The number of nitrogens with one attached hydrogen (secondary N) is 1. The maximum Gasteiger partial charge on any atom is 0.374 e. The molecule has 1 amide bonds. The maximum absolute atomic E-state index is 12.2. The van der Waals surface area contributed by atoms with E-state index in [1.807, 2.05) is 0 Å². The Bertz CT molecular complexity index is 922. The molecule has 3 rings (SSSR count). The predicted molar refractivity (Wildman–Crippen MR) is 96.4 cm³/mol. The van der Waals surface area contributed by atoms with Gasteiger partial charge in [0.15, 0.2) is 9.68 Å². The summed E-state index contributed by atoms with van der Waals surface area (Å²) in [6, 6.07) is 9.95. The van der Waals surface area contributed by atoms with Crippen LogP contribution in [0.1, 0.15) is 25.4 Å². The van der Waals surface area contributed by atoms with E-state index in [2.05, 4.69) is 31.4 Å². The standard InChI is InChI=1S/C16H12BrN3O5S/c1-23-10-4-2-9(3-5-10)18-14(21)15-20-19-13(26-15)8-24-16(22)11-6-7-12(17)25-11/h2-7H,8H2,1H3,(H,18,21). The van der Waals surface area contributed by atoms with Gasteiger partial charge in [-0.15, -0.1) is 10.2 Å². The second-order valence-corrected chi connectivity index (χ2v) is 6.71. The lowest BCUT2D eigenvalue weighted by molar-refractivity contribution is 0.0433. The van der Waals surface area contributed by atoms with E-state index in [4.69, 9.17) is 13.9 Å². The summed E-state index contributed by atoms with van der Waals surface area (Å²) in [5.41, 5.74) is 0.599. The summed E-state index contributed by atoms with van der Waals surface area (Å²) < 4.78 is 15.7. The third-order valence-corrected chi connectivity index (χ3v) is 4.43. The molecule has 0 saturated carbocycles. The number of rotatable bonds is 6. The van der Waals surface area contributed by atoms with Crippen LogP contribution >= 0.6 is 27.3 Å². The molecule has 0 radical (unpaired) electrons. The molecule has 0 aliphatic rings. The molecule has 0 aliphatic heterocycles. The Morgan fingerprint density at radius 2 is 1.96 bits per heavy atom. The van der Waals surface area contributed by atoms with Crippen LogP contribution in [0.3, 0.4) is 0 Å². The highest BCUT2D eigenvalue weighted by Gasteiger charge is 2.16. The van der Waals surface area contributed by atoms with Crippen LogP contribution in [-0.2, 0) is 11.3 Å². The first-order valence-electron chi connectivity index (χ1n) is 7.25. The third kappa shape index (κ3) is 4.46. The Morgan fingerprint density at radius 3 is 2.62 bits per heavy atom. The van der Waals surface area contributed by atoms with Crippen LogP contribution in [0.15, 0.2) is 45.5 Å². The van der Waals surface area contributed by atoms with Crippen molar-refractivity contribution in [2.24, 2.45) is 0 Å². The largest absolute Gasteiger partial charge is 0.497 e. The summed E-state index contributed by atoms with van der Waals surface area (Å²) in [7, 11) is 1.56. The molecule has 3 aromatic rings. The van der Waals surface area contributed by atoms with Crippen LogP contribution in [-0.4, -0.2) is 29.2 Å². The number of halogens is 1. The predicted octanol–water partition coefficient (Wildman–Crippen LogP) is 3.51. The normalized spacial score (nSPS) is 10.4. The van der Waals surface area contributed by atoms with Gasteiger partial charge in [-0.3, -0.25) is 4.79 Å². The molecule has 0 saturated heterocycles. The monoisotopic (exact) mass is 437 g/mol. The van der Waals surface area contributed by atoms with E-state index in [-0.39, 0.29) is 17.4 Å². The molecule has 0 atom stereocenters. The fourth-order valence-corrected chi connectivity index (χ4v) is 2.84. The van der Waals surface area contributed by atoms with E-state index in [1.54, 1.807) is 37.4 Å². The van der Waals surface area contributed by atoms with Crippen molar-refractivity contribution in [2.75, 3.05) is 12.4 Å². The molecular weight excluding hydrogens is 426 g/mol. The van der Waals surface area contributed by atoms with Crippen LogP contribution in [0.25, 0.3) is 0 Å². The van der Waals surface area contributed by atoms with E-state index in [0.29, 0.717) is 21.1 Å². The number of hydrogen-bond donors (Lipinski definition) is 1. The first-order valence-corrected chi connectivity index (χ1v) is 8.86. The number of aromatic nitrogens is 2. The number of ether oxygens (including phenoxy) is 2. The zero-order valence-electron chi connectivity index (χ0n) is 13.4. The van der Waals surface area contributed by atoms with Crippen LogP contribution < -0.4 is 10.1 Å². The molecule has 0 fully saturated rings. The van der Waals surface area contributed by atoms with E-state index in [0.717, 1.165) is 11.3 Å². The maximum atomic E-state index is 12.2. The Kier molecular flexibility index (Phi) is 5.64. The number of esters is 1. The fraction of sp³-hybridized carbons (Fsp3) is 0.125. The van der Waals surface area contributed by atoms with Gasteiger partial charge in [0.2, 0.25) is 10.8 Å². The molecule has 2 heterocycles. The van der Waals surface area contributed by atoms with Crippen LogP contribution in [0.2, 0.25) is 0 Å². The zero-order chi connectivity index (χ0) is 18.5. The van der Waals surface area contributed by atoms with Crippen LogP contribution in [0.5, 0.6) is 5.75 Å². The highest BCUT2D eigenvalue weighted by molar-refractivity contribution is 9.10. The van der Waals surface area contributed by atoms with E-state index in [9.17, 15) is 9.59 Å². The van der Waals surface area contributed by atoms with Crippen molar-refractivity contribution in [1.82, 2.24) is 10.2 Å². The van der Waals surface area contributed by atoms with E-state index < -0.39 is 11.9 Å². The second-order valence-electron chi connectivity index (χ2n) is 4.86. The molecular formula is C16H12BrN3O5S. The van der Waals surface area contributed by atoms with Gasteiger partial charge in [-0.1, -0.05) is 11.3 Å². The van der Waals surface area contributed by atoms with Crippen molar-refractivity contribution in [3.8, 4) is 5.75 Å². The minimum atomic E-state index is -0.630. The smallest absolute Gasteiger partial charge is 0.374 e. The van der Waals surface area contributed by atoms with E-state index in [1.165, 1.54) is 6.07 Å². The van der Waals surface area contributed by atoms with E-state index >= 15 is 0 Å². The van der Waals surface area contributed by atoms with Gasteiger partial charge in [-0.2, -0.15) is 0 Å². The van der Waals surface area contributed by atoms with Crippen molar-refractivity contribution in [3.05, 3.63) is 56.8 Å². The molecule has 0 unspecified atom stereocenters. The average molecular weight is 438 g/mol. The minimum absolute atomic E-state index is 0.0684. The highest BCUT2D eigenvalue weighted by atomic mass is 79.9. The number of amides is 1. The molecule has 26 heavy (non-hydrogen) atoms. The number of carbonyl (C=O) groups is 2. The second kappa shape index (κ2) is 8.11. The molecule has 1 aromatic carbocycles. The number of nitrogens with zero attached hydrogens (tertiary/aromatic N) is 2. The molecule has 0 aliphatic carbocycles. The number of benzene rings is 1. The van der Waals surface area contributed by atoms with Gasteiger partial charge in [-0.05, 0) is 52.3 Å². The van der Waals surface area contributed by atoms with Gasteiger partial charge in [0.25, 0.3) is 5.91 Å². The molecule has 0 bridgehead atoms. The summed E-state index contributed by atoms with van der Waals surface area (Å²) in [5, 5.41) is 10.9. The lowest BCUT2D eigenvalue weighted by atomic mass is 10.3. The fourth-order valence-electron chi connectivity index (χ4n) is 1.89. The van der Waals surface area contributed by atoms with Crippen molar-refractivity contribution in [2.45, 2.75) is 6.61 Å². The summed E-state index contributed by atoms with van der Waals surface area (Å²) in [4.78, 5) is 24.0. The number of methoxy groups -OCH3 is 1. The lowest BCUT2D eigenvalue weighted by Crippen LogP contribution is -2.11. The summed E-state index contributed by atoms with van der Waals surface area (Å²) >= 11 is 4.14. The Labute approximate surface area is 160 Å². The summed E-state index contributed by atoms with van der Waals surface area (Å²) in [6.45, 7) is -0.107. The van der Waals surface area contributed by atoms with Gasteiger partial charge in [0.05, 0.1) is 7.11 Å².